The molecule has 0 aliphatic heterocycles. The van der Waals surface area contributed by atoms with Crippen molar-refractivity contribution in [3.05, 3.63) is 35.4 Å². The molecule has 0 heterocycles. The highest BCUT2D eigenvalue weighted by molar-refractivity contribution is 7.85. The van der Waals surface area contributed by atoms with Gasteiger partial charge in [-0.1, -0.05) is 18.2 Å². The average Bonchev–Trinajstić information content (AvgIpc) is 2.25. The van der Waals surface area contributed by atoms with Crippen molar-refractivity contribution in [2.45, 2.75) is 12.6 Å². The fraction of sp³-hybridized carbons (Fsp3) is 0.364. The van der Waals surface area contributed by atoms with Crippen LogP contribution in [0, 0.1) is 0 Å². The number of amides is 1. The van der Waals surface area contributed by atoms with E-state index in [4.69, 9.17) is 0 Å². The van der Waals surface area contributed by atoms with E-state index in [1.165, 1.54) is 12.1 Å². The summed E-state index contributed by atoms with van der Waals surface area (Å²) in [6.45, 7) is 0. The third-order valence-corrected chi connectivity index (χ3v) is 2.70. The zero-order chi connectivity index (χ0) is 15.6. The van der Waals surface area contributed by atoms with Crippen LogP contribution in [0.5, 0.6) is 0 Å². The summed E-state index contributed by atoms with van der Waals surface area (Å²) < 4.78 is 63.4. The van der Waals surface area contributed by atoms with Gasteiger partial charge >= 0.3 is 6.18 Å². The van der Waals surface area contributed by atoms with Gasteiger partial charge in [-0.2, -0.15) is 21.6 Å². The van der Waals surface area contributed by atoms with Gasteiger partial charge in [0.15, 0.2) is 0 Å². The van der Waals surface area contributed by atoms with Crippen molar-refractivity contribution < 1.29 is 30.7 Å². The molecule has 1 aromatic rings. The molecule has 0 aliphatic carbocycles. The summed E-state index contributed by atoms with van der Waals surface area (Å²) >= 11 is 0. The summed E-state index contributed by atoms with van der Waals surface area (Å²) in [6.07, 6.45) is -4.16. The molecule has 1 rings (SSSR count). The Balaban J connectivity index is 2.81. The first kappa shape index (κ1) is 16.4. The van der Waals surface area contributed by atoms with Crippen LogP contribution in [0.1, 0.15) is 11.1 Å². The zero-order valence-corrected chi connectivity index (χ0v) is 11.5. The van der Waals surface area contributed by atoms with Gasteiger partial charge < -0.3 is 0 Å². The van der Waals surface area contributed by atoms with E-state index in [-0.39, 0.29) is 5.56 Å². The van der Waals surface area contributed by atoms with Gasteiger partial charge in [0.1, 0.15) is 0 Å². The first-order valence-corrected chi connectivity index (χ1v) is 7.13. The number of likely N-dealkylation sites (N-methyl/N-ethyl adjacent to an activating group) is 1. The molecule has 0 aliphatic rings. The molecule has 0 saturated carbocycles. The summed E-state index contributed by atoms with van der Waals surface area (Å²) in [5, 5.41) is 0.468. The maximum Gasteiger partial charge on any atom is 0.416 e. The summed E-state index contributed by atoms with van der Waals surface area (Å²) in [6, 6.07) is 4.21. The fourth-order valence-corrected chi connectivity index (χ4v) is 1.88. The van der Waals surface area contributed by atoms with Gasteiger partial charge in [-0.25, -0.2) is 5.06 Å². The molecule has 1 amide bonds. The van der Waals surface area contributed by atoms with E-state index < -0.39 is 34.2 Å². The van der Waals surface area contributed by atoms with Gasteiger partial charge in [0.25, 0.3) is 16.0 Å². The van der Waals surface area contributed by atoms with Crippen LogP contribution in [0.2, 0.25) is 0 Å². The van der Waals surface area contributed by atoms with Gasteiger partial charge in [0.2, 0.25) is 0 Å². The summed E-state index contributed by atoms with van der Waals surface area (Å²) in [5.41, 5.74) is -0.775. The Labute approximate surface area is 114 Å². The van der Waals surface area contributed by atoms with E-state index in [2.05, 4.69) is 4.28 Å². The Hall–Kier alpha value is -1.61. The number of hydrogen-bond donors (Lipinski definition) is 0. The lowest BCUT2D eigenvalue weighted by atomic mass is 10.1. The molecule has 112 valence electrons. The zero-order valence-electron chi connectivity index (χ0n) is 10.6. The summed E-state index contributed by atoms with van der Waals surface area (Å²) in [7, 11) is -2.80. The SMILES string of the molecule is CN(OS(C)(=O)=O)C(=O)Cc1cccc(C(F)(F)F)c1. The lowest BCUT2D eigenvalue weighted by molar-refractivity contribution is -0.150. The van der Waals surface area contributed by atoms with Crippen LogP contribution in [0.4, 0.5) is 13.2 Å². The van der Waals surface area contributed by atoms with Crippen molar-refractivity contribution in [3.63, 3.8) is 0 Å². The lowest BCUT2D eigenvalue weighted by Crippen LogP contribution is -2.30. The van der Waals surface area contributed by atoms with Crippen molar-refractivity contribution in [2.75, 3.05) is 13.3 Å². The van der Waals surface area contributed by atoms with Crippen LogP contribution in [0.25, 0.3) is 0 Å². The summed E-state index contributed by atoms with van der Waals surface area (Å²) in [5.74, 6) is -0.783. The van der Waals surface area contributed by atoms with Crippen LogP contribution >= 0.6 is 0 Å². The van der Waals surface area contributed by atoms with Crippen LogP contribution in [0.15, 0.2) is 24.3 Å². The number of halogens is 3. The van der Waals surface area contributed by atoms with Crippen molar-refractivity contribution in [2.24, 2.45) is 0 Å². The van der Waals surface area contributed by atoms with Crippen molar-refractivity contribution >= 4 is 16.0 Å². The van der Waals surface area contributed by atoms with Gasteiger partial charge in [-0.3, -0.25) is 4.79 Å². The van der Waals surface area contributed by atoms with Crippen LogP contribution in [-0.2, 0) is 31.8 Å². The first-order chi connectivity index (χ1) is 8.99. The number of nitrogens with zero attached hydrogens (tertiary/aromatic N) is 1. The minimum Gasteiger partial charge on any atom is -0.272 e. The molecular formula is C11H12F3NO4S. The monoisotopic (exact) mass is 311 g/mol. The maximum absolute atomic E-state index is 12.5. The van der Waals surface area contributed by atoms with E-state index >= 15 is 0 Å². The van der Waals surface area contributed by atoms with E-state index in [0.717, 1.165) is 25.4 Å². The second kappa shape index (κ2) is 5.80. The van der Waals surface area contributed by atoms with Gasteiger partial charge in [0, 0.05) is 7.05 Å². The van der Waals surface area contributed by atoms with Crippen molar-refractivity contribution in [3.8, 4) is 0 Å². The molecule has 0 fully saturated rings. The molecule has 0 bridgehead atoms. The Morgan fingerprint density at radius 1 is 1.35 bits per heavy atom. The predicted octanol–water partition coefficient (Wildman–Crippen LogP) is 1.60. The number of rotatable bonds is 4. The van der Waals surface area contributed by atoms with E-state index in [0.29, 0.717) is 5.06 Å². The van der Waals surface area contributed by atoms with Crippen molar-refractivity contribution in [1.82, 2.24) is 5.06 Å². The molecular weight excluding hydrogens is 299 g/mol. The molecule has 0 N–H and O–H groups in total. The standard InChI is InChI=1S/C11H12F3NO4S/c1-15(19-20(2,17)18)10(16)7-8-4-3-5-9(6-8)11(12,13)14/h3-6H,7H2,1-2H3. The average molecular weight is 311 g/mol. The Kier molecular flexibility index (Phi) is 4.77. The molecule has 0 saturated heterocycles. The van der Waals surface area contributed by atoms with E-state index in [9.17, 15) is 26.4 Å². The second-order valence-electron chi connectivity index (χ2n) is 4.04. The largest absolute Gasteiger partial charge is 0.416 e. The molecule has 0 radical (unpaired) electrons. The number of benzene rings is 1. The maximum atomic E-state index is 12.5. The highest BCUT2D eigenvalue weighted by Crippen LogP contribution is 2.29. The molecule has 20 heavy (non-hydrogen) atoms. The molecule has 0 atom stereocenters. The van der Waals surface area contributed by atoms with Gasteiger partial charge in [-0.05, 0) is 11.6 Å². The molecule has 0 spiro atoms. The minimum atomic E-state index is -4.51. The fourth-order valence-electron chi connectivity index (χ4n) is 1.39. The van der Waals surface area contributed by atoms with Gasteiger partial charge in [0.05, 0.1) is 18.2 Å². The van der Waals surface area contributed by atoms with E-state index in [1.807, 2.05) is 0 Å². The van der Waals surface area contributed by atoms with E-state index in [1.54, 1.807) is 0 Å². The molecule has 1 aromatic carbocycles. The normalized spacial score (nSPS) is 12.2. The Bertz CT molecular complexity index is 598. The number of carbonyl (C=O) groups excluding carboxylic acids is 1. The first-order valence-electron chi connectivity index (χ1n) is 5.31. The van der Waals surface area contributed by atoms with Crippen LogP contribution < -0.4 is 0 Å². The van der Waals surface area contributed by atoms with Crippen LogP contribution in [-0.4, -0.2) is 32.7 Å². The smallest absolute Gasteiger partial charge is 0.272 e. The third-order valence-electron chi connectivity index (χ3n) is 2.21. The number of hydrogen-bond acceptors (Lipinski definition) is 4. The molecule has 0 aromatic heterocycles. The number of hydroxylamine groups is 2. The minimum absolute atomic E-state index is 0.105. The number of alkyl halides is 3. The van der Waals surface area contributed by atoms with Gasteiger partial charge in [-0.15, -0.1) is 4.28 Å². The summed E-state index contributed by atoms with van der Waals surface area (Å²) in [4.78, 5) is 11.6. The Morgan fingerprint density at radius 2 is 1.95 bits per heavy atom. The molecule has 5 nitrogen and oxygen atoms in total. The number of carbonyl (C=O) groups is 1. The molecule has 9 heteroatoms. The second-order valence-corrected chi connectivity index (χ2v) is 5.60. The topological polar surface area (TPSA) is 63.7 Å². The highest BCUT2D eigenvalue weighted by atomic mass is 32.2. The van der Waals surface area contributed by atoms with Crippen molar-refractivity contribution in [1.29, 1.82) is 0 Å². The molecule has 0 unspecified atom stereocenters. The third kappa shape index (κ3) is 5.17. The highest BCUT2D eigenvalue weighted by Gasteiger charge is 2.30. The van der Waals surface area contributed by atoms with Crippen LogP contribution in [0.3, 0.4) is 0 Å². The Morgan fingerprint density at radius 3 is 2.45 bits per heavy atom. The lowest BCUT2D eigenvalue weighted by Gasteiger charge is -2.15. The quantitative estimate of drug-likeness (QED) is 0.792. The predicted molar refractivity (Wildman–Crippen MR) is 63.8 cm³/mol.